The molecule has 23 heavy (non-hydrogen) atoms. The molecule has 7 nitrogen and oxygen atoms in total. The first-order valence-electron chi connectivity index (χ1n) is 7.16. The normalized spacial score (nSPS) is 12.0. The molecule has 0 fully saturated rings. The number of rotatable bonds is 6. The van der Waals surface area contributed by atoms with Crippen LogP contribution in [0, 0.1) is 5.92 Å². The lowest BCUT2D eigenvalue weighted by molar-refractivity contribution is -0.140. The Morgan fingerprint density at radius 1 is 1.22 bits per heavy atom. The minimum Gasteiger partial charge on any atom is -0.497 e. The Morgan fingerprint density at radius 3 is 2.39 bits per heavy atom. The summed E-state index contributed by atoms with van der Waals surface area (Å²) in [5.41, 5.74) is 0.927. The van der Waals surface area contributed by atoms with Gasteiger partial charge in [-0.1, -0.05) is 13.8 Å². The topological polar surface area (TPSA) is 93.5 Å². The van der Waals surface area contributed by atoms with Gasteiger partial charge in [0.05, 0.1) is 12.8 Å². The highest BCUT2D eigenvalue weighted by molar-refractivity contribution is 5.95. The van der Waals surface area contributed by atoms with Crippen LogP contribution in [-0.2, 0) is 4.79 Å². The lowest BCUT2D eigenvalue weighted by Crippen LogP contribution is -2.44. The minimum atomic E-state index is -1.07. The first-order valence-corrected chi connectivity index (χ1v) is 7.16. The molecule has 1 amide bonds. The predicted molar refractivity (Wildman–Crippen MR) is 83.8 cm³/mol. The summed E-state index contributed by atoms with van der Waals surface area (Å²) in [5.74, 6) is -1.08. The van der Waals surface area contributed by atoms with Crippen LogP contribution in [0.3, 0.4) is 0 Å². The zero-order valence-electron chi connectivity index (χ0n) is 13.2. The Bertz CT molecular complexity index is 692. The average molecular weight is 317 g/mol. The quantitative estimate of drug-likeness (QED) is 0.846. The number of hydrogen-bond acceptors (Lipinski definition) is 4. The van der Waals surface area contributed by atoms with E-state index in [1.807, 2.05) is 12.1 Å². The van der Waals surface area contributed by atoms with E-state index in [9.17, 15) is 9.59 Å². The zero-order chi connectivity index (χ0) is 17.0. The highest BCUT2D eigenvalue weighted by Crippen LogP contribution is 2.14. The highest BCUT2D eigenvalue weighted by atomic mass is 16.5. The molecule has 1 atom stereocenters. The first kappa shape index (κ1) is 16.5. The fourth-order valence-electron chi connectivity index (χ4n) is 2.05. The summed E-state index contributed by atoms with van der Waals surface area (Å²) in [6.07, 6.45) is 1.64. The molecule has 0 saturated carbocycles. The number of hydrogen-bond donors (Lipinski definition) is 2. The monoisotopic (exact) mass is 317 g/mol. The van der Waals surface area contributed by atoms with E-state index in [0.29, 0.717) is 0 Å². The lowest BCUT2D eigenvalue weighted by Gasteiger charge is -2.16. The first-order chi connectivity index (χ1) is 10.9. The second kappa shape index (κ2) is 6.95. The maximum Gasteiger partial charge on any atom is 0.326 e. The van der Waals surface area contributed by atoms with Gasteiger partial charge in [-0.15, -0.1) is 0 Å². The van der Waals surface area contributed by atoms with Crippen molar-refractivity contribution in [2.45, 2.75) is 19.9 Å². The molecule has 0 aliphatic rings. The predicted octanol–water partition coefficient (Wildman–Crippen LogP) is 1.72. The number of amides is 1. The van der Waals surface area contributed by atoms with Gasteiger partial charge in [0.1, 0.15) is 11.8 Å². The number of nitrogens with zero attached hydrogens (tertiary/aromatic N) is 2. The van der Waals surface area contributed by atoms with Crippen LogP contribution in [0.15, 0.2) is 36.5 Å². The van der Waals surface area contributed by atoms with Crippen molar-refractivity contribution < 1.29 is 19.4 Å². The molecule has 0 aliphatic carbocycles. The molecule has 2 N–H and O–H groups in total. The third-order valence-corrected chi connectivity index (χ3v) is 3.38. The van der Waals surface area contributed by atoms with Crippen LogP contribution in [0.4, 0.5) is 0 Å². The van der Waals surface area contributed by atoms with E-state index >= 15 is 0 Å². The van der Waals surface area contributed by atoms with E-state index in [2.05, 4.69) is 10.4 Å². The Labute approximate surface area is 133 Å². The van der Waals surface area contributed by atoms with Crippen molar-refractivity contribution in [3.8, 4) is 11.4 Å². The van der Waals surface area contributed by atoms with Gasteiger partial charge in [0.25, 0.3) is 5.91 Å². The molecule has 0 unspecified atom stereocenters. The van der Waals surface area contributed by atoms with Crippen LogP contribution >= 0.6 is 0 Å². The maximum atomic E-state index is 12.1. The van der Waals surface area contributed by atoms with E-state index < -0.39 is 17.9 Å². The number of carbonyl (C=O) groups is 2. The van der Waals surface area contributed by atoms with E-state index in [1.165, 1.54) is 0 Å². The van der Waals surface area contributed by atoms with E-state index in [-0.39, 0.29) is 11.6 Å². The van der Waals surface area contributed by atoms with Gasteiger partial charge in [-0.3, -0.25) is 4.79 Å². The van der Waals surface area contributed by atoms with Crippen LogP contribution in [-0.4, -0.2) is 39.9 Å². The standard InChI is InChI=1S/C16H19N3O4/c1-10(2)14(16(21)22)17-15(20)13-8-9-19(18-13)11-4-6-12(23-3)7-5-11/h4-10,14H,1-3H3,(H,17,20)(H,21,22)/t14-/m0/s1. The number of ether oxygens (including phenoxy) is 1. The molecule has 1 aromatic carbocycles. The number of methoxy groups -OCH3 is 1. The highest BCUT2D eigenvalue weighted by Gasteiger charge is 2.24. The number of aromatic nitrogens is 2. The molecule has 0 bridgehead atoms. The number of carboxylic acids is 1. The fraction of sp³-hybridized carbons (Fsp3) is 0.312. The van der Waals surface area contributed by atoms with Gasteiger partial charge in [0, 0.05) is 6.20 Å². The van der Waals surface area contributed by atoms with Crippen molar-refractivity contribution >= 4 is 11.9 Å². The number of nitrogens with one attached hydrogen (secondary N) is 1. The van der Waals surface area contributed by atoms with Crippen LogP contribution < -0.4 is 10.1 Å². The van der Waals surface area contributed by atoms with Crippen molar-refractivity contribution in [2.24, 2.45) is 5.92 Å². The summed E-state index contributed by atoms with van der Waals surface area (Å²) in [7, 11) is 1.58. The van der Waals surface area contributed by atoms with Gasteiger partial charge in [-0.25, -0.2) is 9.48 Å². The van der Waals surface area contributed by atoms with Gasteiger partial charge in [0.15, 0.2) is 5.69 Å². The molecule has 0 spiro atoms. The molecule has 0 aliphatic heterocycles. The SMILES string of the molecule is COc1ccc(-n2ccc(C(=O)N[C@H](C(=O)O)C(C)C)n2)cc1. The Balaban J connectivity index is 2.14. The minimum absolute atomic E-state index is 0.160. The second-order valence-electron chi connectivity index (χ2n) is 5.38. The van der Waals surface area contributed by atoms with Crippen LogP contribution in [0.25, 0.3) is 5.69 Å². The summed E-state index contributed by atoms with van der Waals surface area (Å²) in [6.45, 7) is 3.46. The molecular weight excluding hydrogens is 298 g/mol. The van der Waals surface area contributed by atoms with Gasteiger partial charge in [0.2, 0.25) is 0 Å². The van der Waals surface area contributed by atoms with Gasteiger partial charge in [-0.2, -0.15) is 5.10 Å². The fourth-order valence-corrected chi connectivity index (χ4v) is 2.05. The van der Waals surface area contributed by atoms with Crippen LogP contribution in [0.2, 0.25) is 0 Å². The van der Waals surface area contributed by atoms with E-state index in [1.54, 1.807) is 50.0 Å². The summed E-state index contributed by atoms with van der Waals surface area (Å²) in [6, 6.07) is 7.78. The Kier molecular flexibility index (Phi) is 5.00. The van der Waals surface area contributed by atoms with Crippen molar-refractivity contribution in [3.63, 3.8) is 0 Å². The Hall–Kier alpha value is -2.83. The number of benzene rings is 1. The molecule has 122 valence electrons. The third-order valence-electron chi connectivity index (χ3n) is 3.38. The summed E-state index contributed by atoms with van der Waals surface area (Å²) in [4.78, 5) is 23.3. The number of carbonyl (C=O) groups excluding carboxylic acids is 1. The number of aliphatic carboxylic acids is 1. The summed E-state index contributed by atoms with van der Waals surface area (Å²) >= 11 is 0. The smallest absolute Gasteiger partial charge is 0.326 e. The van der Waals surface area contributed by atoms with Crippen LogP contribution in [0.5, 0.6) is 5.75 Å². The summed E-state index contributed by atoms with van der Waals surface area (Å²) in [5, 5.41) is 15.8. The molecule has 0 saturated heterocycles. The van der Waals surface area contributed by atoms with E-state index in [0.717, 1.165) is 11.4 Å². The molecule has 2 aromatic rings. The second-order valence-corrected chi connectivity index (χ2v) is 5.38. The molecule has 0 radical (unpaired) electrons. The van der Waals surface area contributed by atoms with Crippen molar-refractivity contribution in [2.75, 3.05) is 7.11 Å². The van der Waals surface area contributed by atoms with Crippen molar-refractivity contribution in [3.05, 3.63) is 42.2 Å². The number of carboxylic acid groups (broad SMARTS) is 1. The van der Waals surface area contributed by atoms with Gasteiger partial charge >= 0.3 is 5.97 Å². The molecule has 2 rings (SSSR count). The summed E-state index contributed by atoms with van der Waals surface area (Å²) < 4.78 is 6.63. The Morgan fingerprint density at radius 2 is 1.87 bits per heavy atom. The molecular formula is C16H19N3O4. The largest absolute Gasteiger partial charge is 0.497 e. The maximum absolute atomic E-state index is 12.1. The van der Waals surface area contributed by atoms with Crippen LogP contribution in [0.1, 0.15) is 24.3 Å². The average Bonchev–Trinajstić information content (AvgIpc) is 3.01. The molecule has 1 heterocycles. The molecule has 1 aromatic heterocycles. The van der Waals surface area contributed by atoms with Crippen molar-refractivity contribution in [1.29, 1.82) is 0 Å². The van der Waals surface area contributed by atoms with Crippen molar-refractivity contribution in [1.82, 2.24) is 15.1 Å². The van der Waals surface area contributed by atoms with E-state index in [4.69, 9.17) is 9.84 Å². The molecule has 7 heteroatoms. The zero-order valence-corrected chi connectivity index (χ0v) is 13.2. The lowest BCUT2D eigenvalue weighted by atomic mass is 10.0. The van der Waals surface area contributed by atoms with Gasteiger partial charge < -0.3 is 15.2 Å². The van der Waals surface area contributed by atoms with Gasteiger partial charge in [-0.05, 0) is 36.2 Å². The third kappa shape index (κ3) is 3.88.